The minimum Gasteiger partial charge on any atom is -0.206 e. The average Bonchev–Trinajstić information content (AvgIpc) is 1.97. The van der Waals surface area contributed by atoms with E-state index in [4.69, 9.17) is 0 Å². The van der Waals surface area contributed by atoms with Gasteiger partial charge in [0, 0.05) is 6.07 Å². The van der Waals surface area contributed by atoms with Crippen molar-refractivity contribution in [3.63, 3.8) is 0 Å². The van der Waals surface area contributed by atoms with Crippen LogP contribution in [0.5, 0.6) is 0 Å². The fraction of sp³-hybridized carbons (Fsp3) is 0.143. The van der Waals surface area contributed by atoms with Gasteiger partial charge in [-0.05, 0) is 0 Å². The Kier molecular flexibility index (Phi) is 2.43. The molecule has 1 aromatic rings. The summed E-state index contributed by atoms with van der Waals surface area (Å²) in [6.07, 6.45) is -5.40. The SMILES string of the molecule is Fc1cc(F)c(C(F)(F)F)c(F)c1F. The molecule has 0 heterocycles. The summed E-state index contributed by atoms with van der Waals surface area (Å²) in [5, 5.41) is 0. The van der Waals surface area contributed by atoms with Crippen LogP contribution in [0, 0.1) is 23.3 Å². The second kappa shape index (κ2) is 3.14. The summed E-state index contributed by atoms with van der Waals surface area (Å²) in [6.45, 7) is 0. The van der Waals surface area contributed by atoms with Gasteiger partial charge in [-0.1, -0.05) is 0 Å². The standard InChI is InChI=1S/C7HF7/c8-2-1-3(9)5(10)6(11)4(2)7(12,13)14/h1H. The van der Waals surface area contributed by atoms with E-state index in [1.165, 1.54) is 0 Å². The van der Waals surface area contributed by atoms with Crippen LogP contribution in [0.4, 0.5) is 30.7 Å². The summed E-state index contributed by atoms with van der Waals surface area (Å²) in [7, 11) is 0. The Hall–Kier alpha value is -1.27. The van der Waals surface area contributed by atoms with E-state index < -0.39 is 35.0 Å². The summed E-state index contributed by atoms with van der Waals surface area (Å²) in [5.74, 6) is -9.12. The summed E-state index contributed by atoms with van der Waals surface area (Å²) in [5.41, 5.74) is -2.43. The minimum atomic E-state index is -5.40. The molecule has 1 rings (SSSR count). The first-order valence-electron chi connectivity index (χ1n) is 3.15. The second-order valence-corrected chi connectivity index (χ2v) is 2.34. The average molecular weight is 218 g/mol. The number of hydrogen-bond donors (Lipinski definition) is 0. The van der Waals surface area contributed by atoms with Crippen LogP contribution in [0.3, 0.4) is 0 Å². The molecular weight excluding hydrogens is 217 g/mol. The Bertz CT molecular complexity index is 365. The Morgan fingerprint density at radius 2 is 1.29 bits per heavy atom. The minimum absolute atomic E-state index is 0.360. The molecule has 0 spiro atoms. The fourth-order valence-corrected chi connectivity index (χ4v) is 0.826. The first-order valence-corrected chi connectivity index (χ1v) is 3.15. The zero-order chi connectivity index (χ0) is 11.1. The van der Waals surface area contributed by atoms with Gasteiger partial charge in [-0.25, -0.2) is 17.6 Å². The predicted molar refractivity (Wildman–Crippen MR) is 31.3 cm³/mol. The lowest BCUT2D eigenvalue weighted by Gasteiger charge is -2.09. The molecule has 0 saturated heterocycles. The van der Waals surface area contributed by atoms with Crippen molar-refractivity contribution in [1.29, 1.82) is 0 Å². The van der Waals surface area contributed by atoms with Crippen LogP contribution in [-0.4, -0.2) is 0 Å². The molecule has 0 bridgehead atoms. The van der Waals surface area contributed by atoms with Crippen molar-refractivity contribution in [3.8, 4) is 0 Å². The van der Waals surface area contributed by atoms with E-state index in [-0.39, 0.29) is 6.07 Å². The van der Waals surface area contributed by atoms with E-state index in [9.17, 15) is 30.7 Å². The fourth-order valence-electron chi connectivity index (χ4n) is 0.826. The van der Waals surface area contributed by atoms with E-state index in [0.717, 1.165) is 0 Å². The molecule has 0 radical (unpaired) electrons. The molecule has 0 aliphatic rings. The largest absolute Gasteiger partial charge is 0.422 e. The van der Waals surface area contributed by atoms with E-state index in [1.807, 2.05) is 0 Å². The van der Waals surface area contributed by atoms with Crippen LogP contribution in [-0.2, 0) is 6.18 Å². The monoisotopic (exact) mass is 218 g/mol. The first-order chi connectivity index (χ1) is 6.25. The Morgan fingerprint density at radius 1 is 0.786 bits per heavy atom. The van der Waals surface area contributed by atoms with Crippen molar-refractivity contribution in [2.24, 2.45) is 0 Å². The topological polar surface area (TPSA) is 0 Å². The van der Waals surface area contributed by atoms with Gasteiger partial charge in [0.05, 0.1) is 0 Å². The van der Waals surface area contributed by atoms with E-state index in [2.05, 4.69) is 0 Å². The van der Waals surface area contributed by atoms with Gasteiger partial charge in [0.15, 0.2) is 17.5 Å². The van der Waals surface area contributed by atoms with Crippen LogP contribution in [0.1, 0.15) is 5.56 Å². The molecule has 14 heavy (non-hydrogen) atoms. The third kappa shape index (κ3) is 1.66. The third-order valence-corrected chi connectivity index (χ3v) is 1.40. The van der Waals surface area contributed by atoms with Gasteiger partial charge in [0.2, 0.25) is 0 Å². The zero-order valence-electron chi connectivity index (χ0n) is 6.22. The number of hydrogen-bond acceptors (Lipinski definition) is 0. The Labute approximate surface area is 73.0 Å². The Balaban J connectivity index is 3.53. The molecule has 1 aromatic carbocycles. The van der Waals surface area contributed by atoms with Gasteiger partial charge in [-0.3, -0.25) is 0 Å². The van der Waals surface area contributed by atoms with Crippen LogP contribution in [0.15, 0.2) is 6.07 Å². The molecule has 0 aliphatic heterocycles. The lowest BCUT2D eigenvalue weighted by atomic mass is 10.2. The van der Waals surface area contributed by atoms with Gasteiger partial charge in [-0.15, -0.1) is 0 Å². The molecule has 0 amide bonds. The van der Waals surface area contributed by atoms with Gasteiger partial charge in [0.25, 0.3) is 0 Å². The van der Waals surface area contributed by atoms with Crippen LogP contribution < -0.4 is 0 Å². The molecule has 7 heteroatoms. The number of benzene rings is 1. The molecule has 0 saturated carbocycles. The number of alkyl halides is 3. The summed E-state index contributed by atoms with van der Waals surface area (Å²) in [4.78, 5) is 0. The normalized spacial score (nSPS) is 11.9. The zero-order valence-corrected chi connectivity index (χ0v) is 6.22. The first kappa shape index (κ1) is 10.8. The van der Waals surface area contributed by atoms with Gasteiger partial charge in [0.1, 0.15) is 11.4 Å². The molecule has 0 fully saturated rings. The molecule has 0 aliphatic carbocycles. The quantitative estimate of drug-likeness (QED) is 0.356. The van der Waals surface area contributed by atoms with Crippen LogP contribution in [0.2, 0.25) is 0 Å². The molecule has 0 nitrogen and oxygen atoms in total. The van der Waals surface area contributed by atoms with Crippen molar-refractivity contribution in [1.82, 2.24) is 0 Å². The molecule has 0 atom stereocenters. The molecular formula is C7HF7. The molecule has 0 unspecified atom stereocenters. The number of rotatable bonds is 0. The van der Waals surface area contributed by atoms with Crippen molar-refractivity contribution in [2.45, 2.75) is 6.18 Å². The van der Waals surface area contributed by atoms with Gasteiger partial charge < -0.3 is 0 Å². The maximum atomic E-state index is 12.4. The van der Waals surface area contributed by atoms with Crippen molar-refractivity contribution in [2.75, 3.05) is 0 Å². The summed E-state index contributed by atoms with van der Waals surface area (Å²) in [6, 6.07) is -0.360. The smallest absolute Gasteiger partial charge is 0.206 e. The maximum Gasteiger partial charge on any atom is 0.422 e. The van der Waals surface area contributed by atoms with Gasteiger partial charge in [-0.2, -0.15) is 13.2 Å². The molecule has 78 valence electrons. The van der Waals surface area contributed by atoms with E-state index in [0.29, 0.717) is 0 Å². The molecule has 0 N–H and O–H groups in total. The van der Waals surface area contributed by atoms with Crippen LogP contribution in [0.25, 0.3) is 0 Å². The van der Waals surface area contributed by atoms with E-state index in [1.54, 1.807) is 0 Å². The molecule has 0 aromatic heterocycles. The van der Waals surface area contributed by atoms with Crippen molar-refractivity contribution < 1.29 is 30.7 Å². The highest BCUT2D eigenvalue weighted by Gasteiger charge is 2.40. The number of halogens is 7. The predicted octanol–water partition coefficient (Wildman–Crippen LogP) is 3.26. The van der Waals surface area contributed by atoms with Crippen molar-refractivity contribution in [3.05, 3.63) is 34.9 Å². The third-order valence-electron chi connectivity index (χ3n) is 1.40. The maximum absolute atomic E-state index is 12.4. The van der Waals surface area contributed by atoms with Gasteiger partial charge >= 0.3 is 6.18 Å². The highest BCUT2D eigenvalue weighted by Crippen LogP contribution is 2.34. The van der Waals surface area contributed by atoms with E-state index >= 15 is 0 Å². The highest BCUT2D eigenvalue weighted by molar-refractivity contribution is 5.24. The summed E-state index contributed by atoms with van der Waals surface area (Å²) < 4.78 is 84.9. The lowest BCUT2D eigenvalue weighted by molar-refractivity contribution is -0.142. The van der Waals surface area contributed by atoms with Crippen LogP contribution >= 0.6 is 0 Å². The summed E-state index contributed by atoms with van der Waals surface area (Å²) >= 11 is 0. The van der Waals surface area contributed by atoms with Crippen molar-refractivity contribution >= 4 is 0 Å². The Morgan fingerprint density at radius 3 is 1.71 bits per heavy atom. The lowest BCUT2D eigenvalue weighted by Crippen LogP contribution is -2.13. The highest BCUT2D eigenvalue weighted by atomic mass is 19.4. The second-order valence-electron chi connectivity index (χ2n) is 2.34.